The van der Waals surface area contributed by atoms with Crippen molar-refractivity contribution in [2.75, 3.05) is 0 Å². The highest BCUT2D eigenvalue weighted by Crippen LogP contribution is 2.27. The minimum absolute atomic E-state index is 0.249. The van der Waals surface area contributed by atoms with Gasteiger partial charge < -0.3 is 0 Å². The molecule has 1 rings (SSSR count). The lowest BCUT2D eigenvalue weighted by molar-refractivity contribution is 0.199. The summed E-state index contributed by atoms with van der Waals surface area (Å²) >= 11 is 0. The quantitative estimate of drug-likeness (QED) is 0.462. The summed E-state index contributed by atoms with van der Waals surface area (Å²) < 4.78 is 35.8. The third-order valence-corrected chi connectivity index (χ3v) is 1.35. The number of halogens is 3. The largest absolute Gasteiger partial charge is 0.247 e. The molecule has 0 aromatic heterocycles. The molecule has 1 saturated carbocycles. The van der Waals surface area contributed by atoms with Crippen molar-refractivity contribution in [1.29, 1.82) is 0 Å². The van der Waals surface area contributed by atoms with E-state index in [-0.39, 0.29) is 12.8 Å². The van der Waals surface area contributed by atoms with Crippen molar-refractivity contribution in [2.24, 2.45) is 0 Å². The Morgan fingerprint density at radius 2 is 1.25 bits per heavy atom. The highest BCUT2D eigenvalue weighted by Gasteiger charge is 2.34. The normalized spacial score (nSPS) is 47.6. The van der Waals surface area contributed by atoms with Gasteiger partial charge in [0.15, 0.2) is 0 Å². The predicted octanol–water partition coefficient (Wildman–Crippen LogP) is 1.79. The van der Waals surface area contributed by atoms with E-state index in [1.54, 1.807) is 0 Å². The van der Waals surface area contributed by atoms with Gasteiger partial charge >= 0.3 is 0 Å². The molecule has 3 heteroatoms. The Balaban J connectivity index is 2.39. The van der Waals surface area contributed by atoms with Gasteiger partial charge in [-0.05, 0) is 0 Å². The van der Waals surface area contributed by atoms with E-state index in [1.165, 1.54) is 0 Å². The molecule has 0 nitrogen and oxygen atoms in total. The van der Waals surface area contributed by atoms with E-state index in [2.05, 4.69) is 0 Å². The summed E-state index contributed by atoms with van der Waals surface area (Å²) in [6.45, 7) is 0. The third kappa shape index (κ3) is 0.956. The highest BCUT2D eigenvalue weighted by molar-refractivity contribution is 4.82. The minimum atomic E-state index is -1.55. The Labute approximate surface area is 45.7 Å². The zero-order chi connectivity index (χ0) is 6.15. The van der Waals surface area contributed by atoms with Crippen LogP contribution < -0.4 is 0 Å². The summed E-state index contributed by atoms with van der Waals surface area (Å²) in [5.41, 5.74) is 0. The smallest absolute Gasteiger partial charge is 0.134 e. The van der Waals surface area contributed by atoms with Gasteiger partial charge in [-0.25, -0.2) is 13.2 Å². The van der Waals surface area contributed by atoms with Crippen LogP contribution in [0.15, 0.2) is 0 Å². The summed E-state index contributed by atoms with van der Waals surface area (Å²) in [6.07, 6.45) is -4.85. The zero-order valence-corrected chi connectivity index (χ0v) is 4.28. The molecule has 0 aromatic rings. The summed E-state index contributed by atoms with van der Waals surface area (Å²) in [6, 6.07) is 0. The Hall–Kier alpha value is -0.210. The monoisotopic (exact) mass is 124 g/mol. The van der Waals surface area contributed by atoms with E-state index in [0.717, 1.165) is 0 Å². The van der Waals surface area contributed by atoms with Crippen molar-refractivity contribution in [1.82, 2.24) is 0 Å². The molecule has 8 heavy (non-hydrogen) atoms. The molecular formula is C5H7F3. The van der Waals surface area contributed by atoms with Crippen molar-refractivity contribution in [2.45, 2.75) is 31.4 Å². The molecule has 0 saturated heterocycles. The van der Waals surface area contributed by atoms with Crippen LogP contribution in [-0.4, -0.2) is 18.5 Å². The summed E-state index contributed by atoms with van der Waals surface area (Å²) in [5, 5.41) is 0. The maximum atomic E-state index is 12.0. The van der Waals surface area contributed by atoms with Gasteiger partial charge in [0, 0.05) is 12.8 Å². The maximum Gasteiger partial charge on any atom is 0.134 e. The minimum Gasteiger partial charge on any atom is -0.247 e. The predicted molar refractivity (Wildman–Crippen MR) is 23.9 cm³/mol. The van der Waals surface area contributed by atoms with Crippen molar-refractivity contribution in [3.63, 3.8) is 0 Å². The van der Waals surface area contributed by atoms with Crippen LogP contribution in [0.5, 0.6) is 0 Å². The topological polar surface area (TPSA) is 0 Å². The fourth-order valence-corrected chi connectivity index (χ4v) is 0.880. The van der Waals surface area contributed by atoms with Crippen LogP contribution in [0.1, 0.15) is 12.8 Å². The van der Waals surface area contributed by atoms with Gasteiger partial charge in [0.25, 0.3) is 0 Å². The van der Waals surface area contributed by atoms with Crippen molar-refractivity contribution in [3.05, 3.63) is 0 Å². The second-order valence-electron chi connectivity index (χ2n) is 2.10. The van der Waals surface area contributed by atoms with Crippen molar-refractivity contribution in [3.8, 4) is 0 Å². The molecule has 0 aliphatic heterocycles. The van der Waals surface area contributed by atoms with E-state index in [0.29, 0.717) is 0 Å². The third-order valence-electron chi connectivity index (χ3n) is 1.35. The first-order valence-corrected chi connectivity index (χ1v) is 2.62. The fourth-order valence-electron chi connectivity index (χ4n) is 0.880. The highest BCUT2D eigenvalue weighted by atomic mass is 19.2. The van der Waals surface area contributed by atoms with E-state index >= 15 is 0 Å². The van der Waals surface area contributed by atoms with Crippen LogP contribution >= 0.6 is 0 Å². The molecule has 0 bridgehead atoms. The molecule has 1 unspecified atom stereocenters. The van der Waals surface area contributed by atoms with Crippen LogP contribution in [0.4, 0.5) is 13.2 Å². The lowest BCUT2D eigenvalue weighted by atomic mass is 10.3. The molecule has 0 heterocycles. The Morgan fingerprint density at radius 1 is 0.875 bits per heavy atom. The average molecular weight is 124 g/mol. The average Bonchev–Trinajstić information content (AvgIpc) is 1.85. The maximum absolute atomic E-state index is 12.0. The van der Waals surface area contributed by atoms with Crippen LogP contribution in [0.25, 0.3) is 0 Å². The molecule has 1 aliphatic rings. The lowest BCUT2D eigenvalue weighted by Gasteiger charge is -1.96. The van der Waals surface area contributed by atoms with E-state index in [4.69, 9.17) is 0 Å². The standard InChI is InChI=1S/C5H7F3/c6-3-1-4(7)5(8)2-3/h3-5H,1-2H2/t3?,4-,5+. The van der Waals surface area contributed by atoms with Crippen LogP contribution in [0.2, 0.25) is 0 Å². The van der Waals surface area contributed by atoms with Crippen molar-refractivity contribution < 1.29 is 13.2 Å². The first kappa shape index (κ1) is 5.92. The van der Waals surface area contributed by atoms with Crippen LogP contribution in [0, 0.1) is 0 Å². The second kappa shape index (κ2) is 1.96. The van der Waals surface area contributed by atoms with Gasteiger partial charge in [-0.2, -0.15) is 0 Å². The SMILES string of the molecule is FC1C[C@@H](F)[C@@H](F)C1. The van der Waals surface area contributed by atoms with Gasteiger partial charge in [0.2, 0.25) is 0 Å². The lowest BCUT2D eigenvalue weighted by Crippen LogP contribution is -2.06. The second-order valence-corrected chi connectivity index (χ2v) is 2.10. The van der Waals surface area contributed by atoms with Crippen LogP contribution in [-0.2, 0) is 0 Å². The van der Waals surface area contributed by atoms with E-state index < -0.39 is 18.5 Å². The number of hydrogen-bond acceptors (Lipinski definition) is 0. The number of rotatable bonds is 0. The molecule has 0 aromatic carbocycles. The number of alkyl halides is 3. The van der Waals surface area contributed by atoms with Crippen molar-refractivity contribution >= 4 is 0 Å². The van der Waals surface area contributed by atoms with Gasteiger partial charge in [-0.1, -0.05) is 0 Å². The van der Waals surface area contributed by atoms with E-state index in [1.807, 2.05) is 0 Å². The Bertz CT molecular complexity index is 73.7. The molecule has 0 N–H and O–H groups in total. The van der Waals surface area contributed by atoms with Gasteiger partial charge in [0.1, 0.15) is 18.5 Å². The first-order chi connectivity index (χ1) is 3.70. The van der Waals surface area contributed by atoms with Gasteiger partial charge in [0.05, 0.1) is 0 Å². The first-order valence-electron chi connectivity index (χ1n) is 2.62. The van der Waals surface area contributed by atoms with Crippen LogP contribution in [0.3, 0.4) is 0 Å². The molecular weight excluding hydrogens is 117 g/mol. The number of hydrogen-bond donors (Lipinski definition) is 0. The zero-order valence-electron chi connectivity index (χ0n) is 4.28. The van der Waals surface area contributed by atoms with Gasteiger partial charge in [-0.3, -0.25) is 0 Å². The molecule has 0 radical (unpaired) electrons. The van der Waals surface area contributed by atoms with E-state index in [9.17, 15) is 13.2 Å². The van der Waals surface area contributed by atoms with Gasteiger partial charge in [-0.15, -0.1) is 0 Å². The summed E-state index contributed by atoms with van der Waals surface area (Å²) in [5.74, 6) is 0. The molecule has 1 aliphatic carbocycles. The summed E-state index contributed by atoms with van der Waals surface area (Å²) in [7, 11) is 0. The molecule has 0 amide bonds. The molecule has 3 atom stereocenters. The molecule has 1 fully saturated rings. The fraction of sp³-hybridized carbons (Fsp3) is 1.00. The summed E-state index contributed by atoms with van der Waals surface area (Å²) in [4.78, 5) is 0. The Kier molecular flexibility index (Phi) is 1.45. The molecule has 0 spiro atoms. The Morgan fingerprint density at radius 3 is 1.38 bits per heavy atom. The molecule has 48 valence electrons.